The summed E-state index contributed by atoms with van der Waals surface area (Å²) < 4.78 is 48.2. The van der Waals surface area contributed by atoms with Crippen LogP contribution in [-0.4, -0.2) is 275 Å². The van der Waals surface area contributed by atoms with Crippen LogP contribution in [0, 0.1) is 0 Å². The molecule has 0 saturated carbocycles. The van der Waals surface area contributed by atoms with Crippen LogP contribution in [0.4, 0.5) is 0 Å². The first-order chi connectivity index (χ1) is 10.4. The molecule has 0 spiro atoms. The SMILES string of the molecule is O.O.O.O.O=[Si]([O-])[O-].O=[Si]([O-])[O-].O=[Si]([O-])[O-].O=[Si]([O-])[O-].[Ca+2].[Ca+2].[Ca+2].[Ca+2].[Ca+2].[O-][Si]([O-])=[OH+].[O-][Si]([O-])=[OH+]. The van der Waals surface area contributed by atoms with Crippen molar-refractivity contribution in [2.75, 3.05) is 0 Å². The van der Waals surface area contributed by atoms with Gasteiger partial charge in [0.25, 0.3) is 0 Å². The molecule has 0 aromatic heterocycles. The molecule has 33 heteroatoms. The average Bonchev–Trinajstić information content (AvgIpc) is 2.08. The summed E-state index contributed by atoms with van der Waals surface area (Å²) in [5.41, 5.74) is 0. The maximum atomic E-state index is 8.63. The van der Waals surface area contributed by atoms with Crippen molar-refractivity contribution >= 4 is 244 Å². The predicted octanol–water partition coefficient (Wildman–Crippen LogP) is -22.6. The Labute approximate surface area is 342 Å². The van der Waals surface area contributed by atoms with Gasteiger partial charge in [-0.2, -0.15) is 0 Å². The largest absolute Gasteiger partial charge is 2.00 e. The fourth-order valence-electron chi connectivity index (χ4n) is 0. The third kappa shape index (κ3) is 2780. The Hall–Kier alpha value is 3.84. The van der Waals surface area contributed by atoms with Gasteiger partial charge in [0.15, 0.2) is 0 Å². The van der Waals surface area contributed by atoms with Crippen LogP contribution in [0.5, 0.6) is 0 Å². The van der Waals surface area contributed by atoms with Crippen LogP contribution in [-0.2, 0) is 17.8 Å². The summed E-state index contributed by atoms with van der Waals surface area (Å²) >= 11 is 0. The summed E-state index contributed by atoms with van der Waals surface area (Å²) in [6, 6.07) is 0. The van der Waals surface area contributed by atoms with E-state index in [2.05, 4.69) is 0 Å². The minimum atomic E-state index is -3.63. The molecular formula is H10Ca5O22Si6. The predicted molar refractivity (Wildman–Crippen MR) is 84.4 cm³/mol. The Morgan fingerprint density at radius 2 is 0.333 bits per heavy atom. The molecule has 0 aromatic carbocycles. The topological polar surface area (TPSA) is 514 Å². The summed E-state index contributed by atoms with van der Waals surface area (Å²) in [4.78, 5) is 103. The second-order valence-corrected chi connectivity index (χ2v) is 4.60. The van der Waals surface area contributed by atoms with Crippen molar-refractivity contribution in [1.29, 1.82) is 0 Å². The van der Waals surface area contributed by atoms with E-state index < -0.39 is 55.0 Å². The molecule has 0 saturated heterocycles. The Morgan fingerprint density at radius 1 is 0.333 bits per heavy atom. The van der Waals surface area contributed by atoms with Gasteiger partial charge >= 0.3 is 207 Å². The van der Waals surface area contributed by atoms with Gasteiger partial charge in [-0.3, -0.25) is 0 Å². The van der Waals surface area contributed by atoms with E-state index in [9.17, 15) is 0 Å². The molecule has 0 aromatic rings. The van der Waals surface area contributed by atoms with Crippen molar-refractivity contribution in [2.45, 2.75) is 0 Å². The van der Waals surface area contributed by atoms with Crippen molar-refractivity contribution < 1.29 is 106 Å². The molecule has 0 unspecified atom stereocenters. The van der Waals surface area contributed by atoms with Crippen LogP contribution in [0.3, 0.4) is 0 Å². The second-order valence-electron chi connectivity index (χ2n) is 1.53. The van der Waals surface area contributed by atoms with Gasteiger partial charge in [-0.05, 0) is 0 Å². The Kier molecular flexibility index (Phi) is 274. The molecule has 0 aliphatic rings. The third-order valence-electron chi connectivity index (χ3n) is 0. The number of rotatable bonds is 0. The van der Waals surface area contributed by atoms with E-state index in [0.717, 1.165) is 0 Å². The van der Waals surface area contributed by atoms with Gasteiger partial charge in [0, 0.05) is 36.7 Å². The Morgan fingerprint density at radius 3 is 0.333 bits per heavy atom. The molecule has 0 rings (SSSR count). The van der Waals surface area contributed by atoms with E-state index in [1.807, 2.05) is 0 Å². The zero-order valence-corrected chi connectivity index (χ0v) is 33.0. The van der Waals surface area contributed by atoms with Crippen molar-refractivity contribution in [1.82, 2.24) is 0 Å². The molecule has 0 bridgehead atoms. The monoisotopic (exact) mass is 730 g/mol. The van der Waals surface area contributed by atoms with Crippen LogP contribution >= 0.6 is 0 Å². The molecule has 176 valence electrons. The Balaban J connectivity index is -0.00000000859. The molecule has 0 radical (unpaired) electrons. The quantitative estimate of drug-likeness (QED) is 0.165. The summed E-state index contributed by atoms with van der Waals surface area (Å²) in [5.74, 6) is 0. The average molecular weight is 731 g/mol. The minimum Gasteiger partial charge on any atom is -0.672 e. The molecule has 0 aliphatic heterocycles. The molecular weight excluding hydrogens is 721 g/mol. The molecule has 0 amide bonds. The van der Waals surface area contributed by atoms with E-state index in [4.69, 9.17) is 84.3 Å². The molecule has 22 nitrogen and oxygen atoms in total. The van der Waals surface area contributed by atoms with E-state index >= 15 is 0 Å². The van der Waals surface area contributed by atoms with E-state index in [1.165, 1.54) is 0 Å². The second kappa shape index (κ2) is 91.2. The zero-order valence-electron chi connectivity index (χ0n) is 16.0. The molecule has 0 fully saturated rings. The van der Waals surface area contributed by atoms with Crippen molar-refractivity contribution in [3.05, 3.63) is 0 Å². The van der Waals surface area contributed by atoms with Crippen molar-refractivity contribution in [2.24, 2.45) is 0 Å². The maximum absolute atomic E-state index is 8.63. The molecule has 0 aliphatic carbocycles. The van der Waals surface area contributed by atoms with Gasteiger partial charge in [-0.1, -0.05) is 0 Å². The van der Waals surface area contributed by atoms with Crippen LogP contribution in [0.15, 0.2) is 0 Å². The fourth-order valence-corrected chi connectivity index (χ4v) is 0. The van der Waals surface area contributed by atoms with Gasteiger partial charge < -0.3 is 106 Å². The summed E-state index contributed by atoms with van der Waals surface area (Å²) in [6.07, 6.45) is 0. The minimum absolute atomic E-state index is 0. The van der Waals surface area contributed by atoms with Gasteiger partial charge in [-0.15, -0.1) is 0 Å². The van der Waals surface area contributed by atoms with Gasteiger partial charge in [-0.25, -0.2) is 0 Å². The van der Waals surface area contributed by atoms with Crippen LogP contribution in [0.1, 0.15) is 0 Å². The van der Waals surface area contributed by atoms with Gasteiger partial charge in [0.1, 0.15) is 0 Å². The first-order valence-corrected chi connectivity index (χ1v) is 11.1. The summed E-state index contributed by atoms with van der Waals surface area (Å²) in [5, 5.41) is 0. The first kappa shape index (κ1) is 99.2. The third-order valence-corrected chi connectivity index (χ3v) is 0. The van der Waals surface area contributed by atoms with Crippen LogP contribution < -0.4 is 57.5 Å². The molecule has 0 heterocycles. The fraction of sp³-hybridized carbons (Fsp3) is 0. The Bertz CT molecular complexity index is 272. The smallest absolute Gasteiger partial charge is 0.672 e. The van der Waals surface area contributed by atoms with E-state index in [-0.39, 0.29) is 211 Å². The zero-order chi connectivity index (χ0) is 21.5. The maximum Gasteiger partial charge on any atom is 2.00 e. The van der Waals surface area contributed by atoms with Crippen LogP contribution in [0.25, 0.3) is 0 Å². The standard InChI is InChI=1S/5Ca.2HO3Si.4O3Si.4H2O/c;;;;;6*1-4(2)3;;;;/h;;;;;2*1H;;;;;4*1H2/q5*+2;2*-1;4*-2;;;;. The van der Waals surface area contributed by atoms with E-state index in [1.54, 1.807) is 0 Å². The van der Waals surface area contributed by atoms with Crippen molar-refractivity contribution in [3.63, 3.8) is 0 Å². The first-order valence-electron chi connectivity index (χ1n) is 3.71. The summed E-state index contributed by atoms with van der Waals surface area (Å²) in [7, 11) is -21.3. The van der Waals surface area contributed by atoms with Crippen LogP contribution in [0.2, 0.25) is 0 Å². The van der Waals surface area contributed by atoms with Crippen molar-refractivity contribution in [3.8, 4) is 0 Å². The molecule has 0 atom stereocenters. The molecule has 10 N–H and O–H groups in total. The van der Waals surface area contributed by atoms with E-state index in [0.29, 0.717) is 0 Å². The molecule has 33 heavy (non-hydrogen) atoms. The van der Waals surface area contributed by atoms with Gasteiger partial charge in [0.05, 0.1) is 0 Å². The summed E-state index contributed by atoms with van der Waals surface area (Å²) in [6.45, 7) is 0. The number of hydrogen-bond donors (Lipinski definition) is 0. The number of hydrogen-bond acceptors (Lipinski definition) is 16. The normalized spacial score (nSPS) is 4.36. The van der Waals surface area contributed by atoms with Gasteiger partial charge in [0.2, 0.25) is 0 Å².